The molecule has 1 N–H and O–H groups in total. The molecule has 3 rings (SSSR count). The van der Waals surface area contributed by atoms with Gasteiger partial charge < -0.3 is 5.32 Å². The zero-order valence-electron chi connectivity index (χ0n) is 15.8. The van der Waals surface area contributed by atoms with Crippen LogP contribution in [-0.2, 0) is 24.1 Å². The number of aryl methyl sites for hydroxylation is 1. The number of benzene rings is 1. The van der Waals surface area contributed by atoms with Crippen LogP contribution in [0.1, 0.15) is 55.2 Å². The highest BCUT2D eigenvalue weighted by molar-refractivity contribution is 7.16. The molecule has 0 fully saturated rings. The van der Waals surface area contributed by atoms with Crippen LogP contribution < -0.4 is 5.32 Å². The molecule has 1 aliphatic rings. The predicted molar refractivity (Wildman–Crippen MR) is 107 cm³/mol. The highest BCUT2D eigenvalue weighted by Crippen LogP contribution is 2.43. The van der Waals surface area contributed by atoms with Gasteiger partial charge in [0.25, 0.3) is 0 Å². The lowest BCUT2D eigenvalue weighted by Gasteiger charge is -2.33. The van der Waals surface area contributed by atoms with Crippen molar-refractivity contribution in [2.75, 3.05) is 5.32 Å². The first kappa shape index (κ1) is 18.7. The monoisotopic (exact) mass is 366 g/mol. The average Bonchev–Trinajstić information content (AvgIpc) is 2.96. The van der Waals surface area contributed by atoms with Gasteiger partial charge in [0, 0.05) is 11.3 Å². The quantitative estimate of drug-likeness (QED) is 0.794. The second-order valence-corrected chi connectivity index (χ2v) is 9.26. The summed E-state index contributed by atoms with van der Waals surface area (Å²) in [5.41, 5.74) is 3.27. The fraction of sp³-hybridized carbons (Fsp3) is 0.455. The van der Waals surface area contributed by atoms with Crippen molar-refractivity contribution in [1.82, 2.24) is 0 Å². The Bertz CT molecular complexity index is 824. The maximum absolute atomic E-state index is 12.4. The van der Waals surface area contributed by atoms with E-state index in [0.717, 1.165) is 35.4 Å². The molecule has 0 radical (unpaired) electrons. The number of nitrogens with one attached hydrogen (secondary N) is 1. The maximum atomic E-state index is 12.4. The van der Waals surface area contributed by atoms with Crippen molar-refractivity contribution in [3.63, 3.8) is 0 Å². The fourth-order valence-electron chi connectivity index (χ4n) is 3.62. The van der Waals surface area contributed by atoms with Crippen LogP contribution in [0.3, 0.4) is 0 Å². The Morgan fingerprint density at radius 1 is 1.31 bits per heavy atom. The number of rotatable bonds is 4. The van der Waals surface area contributed by atoms with Crippen molar-refractivity contribution in [2.45, 2.75) is 52.9 Å². The van der Waals surface area contributed by atoms with Crippen LogP contribution in [0.5, 0.6) is 0 Å². The van der Waals surface area contributed by atoms with Gasteiger partial charge in [-0.2, -0.15) is 5.26 Å². The number of nitrogens with zero attached hydrogens (tertiary/aromatic N) is 1. The van der Waals surface area contributed by atoms with Gasteiger partial charge in [0.15, 0.2) is 0 Å². The van der Waals surface area contributed by atoms with E-state index in [0.29, 0.717) is 24.3 Å². The first-order valence-electron chi connectivity index (χ1n) is 9.27. The summed E-state index contributed by atoms with van der Waals surface area (Å²) in [7, 11) is 0. The third kappa shape index (κ3) is 4.16. The maximum Gasteiger partial charge on any atom is 0.225 e. The molecule has 1 aliphatic carbocycles. The molecule has 0 saturated carbocycles. The van der Waals surface area contributed by atoms with Gasteiger partial charge in [0.05, 0.1) is 5.56 Å². The second-order valence-electron chi connectivity index (χ2n) is 8.16. The Balaban J connectivity index is 1.70. The average molecular weight is 367 g/mol. The van der Waals surface area contributed by atoms with Crippen molar-refractivity contribution in [1.29, 1.82) is 5.26 Å². The van der Waals surface area contributed by atoms with Gasteiger partial charge in [-0.05, 0) is 48.1 Å². The van der Waals surface area contributed by atoms with Crippen molar-refractivity contribution < 1.29 is 4.79 Å². The fourth-order valence-corrected chi connectivity index (χ4v) is 4.92. The summed E-state index contributed by atoms with van der Waals surface area (Å²) in [6, 6.07) is 12.3. The molecule has 3 nitrogen and oxygen atoms in total. The topological polar surface area (TPSA) is 52.9 Å². The Labute approximate surface area is 160 Å². The zero-order chi connectivity index (χ0) is 18.7. The number of carbonyl (C=O) groups excluding carboxylic acids is 1. The standard InChI is InChI=1S/C22H26N2OS/c1-22(2,3)16-10-11-17-18(14-23)21(26-19(17)13-16)24-20(25)12-9-15-7-5-4-6-8-15/h4-8,16H,9-13H2,1-3H3,(H,24,25)/t16-/m1/s1. The predicted octanol–water partition coefficient (Wildman–Crippen LogP) is 5.34. The molecule has 26 heavy (non-hydrogen) atoms. The molecule has 0 spiro atoms. The van der Waals surface area contributed by atoms with Crippen LogP contribution in [0.2, 0.25) is 0 Å². The lowest BCUT2D eigenvalue weighted by molar-refractivity contribution is -0.116. The molecule has 2 aromatic rings. The third-order valence-electron chi connectivity index (χ3n) is 5.34. The van der Waals surface area contributed by atoms with E-state index < -0.39 is 0 Å². The van der Waals surface area contributed by atoms with Gasteiger partial charge >= 0.3 is 0 Å². The van der Waals surface area contributed by atoms with Crippen LogP contribution in [0.25, 0.3) is 0 Å². The first-order chi connectivity index (χ1) is 12.4. The van der Waals surface area contributed by atoms with Gasteiger partial charge in [0.1, 0.15) is 11.1 Å². The number of fused-ring (bicyclic) bond motifs is 1. The minimum absolute atomic E-state index is 0.0173. The number of amides is 1. The van der Waals surface area contributed by atoms with E-state index in [9.17, 15) is 10.1 Å². The number of carbonyl (C=O) groups is 1. The molecule has 4 heteroatoms. The molecular formula is C22H26N2OS. The lowest BCUT2D eigenvalue weighted by Crippen LogP contribution is -2.26. The van der Waals surface area contributed by atoms with Gasteiger partial charge in [-0.3, -0.25) is 4.79 Å². The highest BCUT2D eigenvalue weighted by atomic mass is 32.1. The van der Waals surface area contributed by atoms with Crippen molar-refractivity contribution in [3.8, 4) is 6.07 Å². The lowest BCUT2D eigenvalue weighted by atomic mass is 9.72. The second kappa shape index (κ2) is 7.63. The van der Waals surface area contributed by atoms with Crippen LogP contribution in [-0.4, -0.2) is 5.91 Å². The normalized spacial score (nSPS) is 16.6. The van der Waals surface area contributed by atoms with E-state index >= 15 is 0 Å². The van der Waals surface area contributed by atoms with E-state index in [2.05, 4.69) is 32.2 Å². The largest absolute Gasteiger partial charge is 0.317 e. The molecule has 0 unspecified atom stereocenters. The van der Waals surface area contributed by atoms with E-state index in [1.807, 2.05) is 30.3 Å². The SMILES string of the molecule is CC(C)(C)[C@@H]1CCc2c(sc(NC(=O)CCc3ccccc3)c2C#N)C1. The van der Waals surface area contributed by atoms with Gasteiger partial charge in [-0.25, -0.2) is 0 Å². The molecule has 1 heterocycles. The highest BCUT2D eigenvalue weighted by Gasteiger charge is 2.32. The summed E-state index contributed by atoms with van der Waals surface area (Å²) in [6.07, 6.45) is 4.21. The van der Waals surface area contributed by atoms with Crippen LogP contribution in [0.15, 0.2) is 30.3 Å². The minimum Gasteiger partial charge on any atom is -0.317 e. The Morgan fingerprint density at radius 3 is 2.69 bits per heavy atom. The number of hydrogen-bond donors (Lipinski definition) is 1. The van der Waals surface area contributed by atoms with Crippen LogP contribution >= 0.6 is 11.3 Å². The van der Waals surface area contributed by atoms with Crippen molar-refractivity contribution in [3.05, 3.63) is 51.9 Å². The molecule has 0 bridgehead atoms. The van der Waals surface area contributed by atoms with E-state index in [1.165, 1.54) is 4.88 Å². The first-order valence-corrected chi connectivity index (χ1v) is 10.1. The number of nitriles is 1. The third-order valence-corrected chi connectivity index (χ3v) is 6.51. The summed E-state index contributed by atoms with van der Waals surface area (Å²) in [4.78, 5) is 13.7. The van der Waals surface area contributed by atoms with Crippen LogP contribution in [0, 0.1) is 22.7 Å². The Morgan fingerprint density at radius 2 is 2.04 bits per heavy atom. The van der Waals surface area contributed by atoms with Gasteiger partial charge in [-0.15, -0.1) is 11.3 Å². The molecule has 1 amide bonds. The van der Waals surface area contributed by atoms with E-state index in [4.69, 9.17) is 0 Å². The zero-order valence-corrected chi connectivity index (χ0v) is 16.6. The van der Waals surface area contributed by atoms with Crippen molar-refractivity contribution in [2.24, 2.45) is 11.3 Å². The number of hydrogen-bond acceptors (Lipinski definition) is 3. The van der Waals surface area contributed by atoms with E-state index in [1.54, 1.807) is 11.3 Å². The Kier molecular flexibility index (Phi) is 5.48. The molecule has 1 aromatic carbocycles. The van der Waals surface area contributed by atoms with Crippen LogP contribution in [0.4, 0.5) is 5.00 Å². The number of thiophene rings is 1. The van der Waals surface area contributed by atoms with Crippen molar-refractivity contribution >= 4 is 22.2 Å². The summed E-state index contributed by atoms with van der Waals surface area (Å²) < 4.78 is 0. The van der Waals surface area contributed by atoms with Gasteiger partial charge in [0.2, 0.25) is 5.91 Å². The Hall–Kier alpha value is -2.12. The smallest absolute Gasteiger partial charge is 0.225 e. The van der Waals surface area contributed by atoms with Gasteiger partial charge in [-0.1, -0.05) is 51.1 Å². The summed E-state index contributed by atoms with van der Waals surface area (Å²) in [5, 5.41) is 13.4. The summed E-state index contributed by atoms with van der Waals surface area (Å²) >= 11 is 1.60. The minimum atomic E-state index is -0.0173. The summed E-state index contributed by atoms with van der Waals surface area (Å²) in [5.74, 6) is 0.609. The molecule has 0 saturated heterocycles. The summed E-state index contributed by atoms with van der Waals surface area (Å²) in [6.45, 7) is 6.86. The molecular weight excluding hydrogens is 340 g/mol. The van der Waals surface area contributed by atoms with E-state index in [-0.39, 0.29) is 11.3 Å². The molecule has 1 atom stereocenters. The molecule has 0 aliphatic heterocycles. The molecule has 1 aromatic heterocycles. The molecule has 136 valence electrons. The number of anilines is 1.